The maximum Gasteiger partial charge on any atom is 0.322 e. The van der Waals surface area contributed by atoms with Crippen molar-refractivity contribution in [3.8, 4) is 6.07 Å². The Morgan fingerprint density at radius 3 is 2.29 bits per heavy atom. The number of hydrogen-bond acceptors (Lipinski definition) is 5. The van der Waals surface area contributed by atoms with Gasteiger partial charge in [-0.05, 0) is 12.5 Å². The number of methoxy groups -OCH3 is 1. The van der Waals surface area contributed by atoms with E-state index in [1.165, 1.54) is 7.11 Å². The zero-order valence-corrected chi connectivity index (χ0v) is 12.5. The highest BCUT2D eigenvalue weighted by atomic mass is 16.5. The molecule has 5 nitrogen and oxygen atoms in total. The van der Waals surface area contributed by atoms with Gasteiger partial charge >= 0.3 is 5.97 Å². The Labute approximate surface area is 125 Å². The van der Waals surface area contributed by atoms with Crippen molar-refractivity contribution in [2.45, 2.75) is 19.0 Å². The average molecular weight is 287 g/mol. The Morgan fingerprint density at radius 1 is 1.19 bits per heavy atom. The maximum absolute atomic E-state index is 11.6. The predicted octanol–water partition coefficient (Wildman–Crippen LogP) is 1.43. The zero-order chi connectivity index (χ0) is 15.2. The molecule has 0 spiro atoms. The van der Waals surface area contributed by atoms with Crippen LogP contribution in [0, 0.1) is 11.3 Å². The van der Waals surface area contributed by atoms with Crippen LogP contribution in [0.5, 0.6) is 0 Å². The van der Waals surface area contributed by atoms with Crippen molar-refractivity contribution in [3.05, 3.63) is 35.9 Å². The van der Waals surface area contributed by atoms with E-state index >= 15 is 0 Å². The van der Waals surface area contributed by atoms with E-state index in [0.29, 0.717) is 0 Å². The third kappa shape index (κ3) is 3.60. The lowest BCUT2D eigenvalue weighted by Gasteiger charge is -2.38. The van der Waals surface area contributed by atoms with Crippen molar-refractivity contribution in [2.75, 3.05) is 33.3 Å². The molecule has 0 aromatic heterocycles. The molecule has 0 bridgehead atoms. The Hall–Kier alpha value is -1.90. The van der Waals surface area contributed by atoms with Crippen molar-refractivity contribution < 1.29 is 9.53 Å². The molecule has 1 aromatic carbocycles. The fourth-order valence-corrected chi connectivity index (χ4v) is 2.70. The minimum atomic E-state index is -0.227. The summed E-state index contributed by atoms with van der Waals surface area (Å²) in [6.45, 7) is 4.94. The molecule has 1 aliphatic heterocycles. The molecule has 21 heavy (non-hydrogen) atoms. The summed E-state index contributed by atoms with van der Waals surface area (Å²) >= 11 is 0. The molecule has 2 rings (SSSR count). The van der Waals surface area contributed by atoms with Crippen LogP contribution in [0.2, 0.25) is 0 Å². The molecule has 1 aromatic rings. The average Bonchev–Trinajstić information content (AvgIpc) is 2.56. The van der Waals surface area contributed by atoms with E-state index in [1.54, 1.807) is 0 Å². The third-order valence-electron chi connectivity index (χ3n) is 4.04. The molecule has 2 atom stereocenters. The van der Waals surface area contributed by atoms with Crippen molar-refractivity contribution >= 4 is 5.97 Å². The first kappa shape index (κ1) is 15.5. The minimum absolute atomic E-state index is 0.205. The quantitative estimate of drug-likeness (QED) is 0.784. The number of esters is 1. The summed E-state index contributed by atoms with van der Waals surface area (Å²) < 4.78 is 4.78. The number of nitrogens with zero attached hydrogens (tertiary/aromatic N) is 3. The molecule has 0 amide bonds. The van der Waals surface area contributed by atoms with Crippen LogP contribution in [0.15, 0.2) is 30.3 Å². The molecule has 1 fully saturated rings. The van der Waals surface area contributed by atoms with E-state index in [0.717, 1.165) is 31.7 Å². The van der Waals surface area contributed by atoms with Gasteiger partial charge in [-0.15, -0.1) is 0 Å². The Kier molecular flexibility index (Phi) is 5.32. The molecule has 0 N–H and O–H groups in total. The largest absolute Gasteiger partial charge is 0.468 e. The first-order chi connectivity index (χ1) is 10.2. The number of piperazine rings is 1. The van der Waals surface area contributed by atoms with E-state index in [2.05, 4.69) is 15.9 Å². The molecule has 112 valence electrons. The number of ether oxygens (including phenoxy) is 1. The van der Waals surface area contributed by atoms with Crippen LogP contribution >= 0.6 is 0 Å². The normalized spacial score (nSPS) is 19.5. The number of carbonyl (C=O) groups is 1. The highest BCUT2D eigenvalue weighted by Crippen LogP contribution is 2.21. The van der Waals surface area contributed by atoms with Gasteiger partial charge in [0.1, 0.15) is 12.1 Å². The smallest absolute Gasteiger partial charge is 0.322 e. The van der Waals surface area contributed by atoms with E-state index in [9.17, 15) is 10.1 Å². The predicted molar refractivity (Wildman–Crippen MR) is 79.4 cm³/mol. The Bertz CT molecular complexity index is 504. The zero-order valence-electron chi connectivity index (χ0n) is 12.5. The Balaban J connectivity index is 1.97. The van der Waals surface area contributed by atoms with Crippen molar-refractivity contribution in [1.29, 1.82) is 5.26 Å². The summed E-state index contributed by atoms with van der Waals surface area (Å²) in [4.78, 5) is 15.8. The van der Waals surface area contributed by atoms with E-state index in [1.807, 2.05) is 37.3 Å². The molecular formula is C16H21N3O2. The SMILES string of the molecule is COC(=O)C(C)N1CCN(C(C#N)c2ccccc2)CC1. The number of nitriles is 1. The number of hydrogen-bond donors (Lipinski definition) is 0. The van der Waals surface area contributed by atoms with E-state index in [-0.39, 0.29) is 18.1 Å². The summed E-state index contributed by atoms with van der Waals surface area (Å²) in [5.74, 6) is -0.205. The van der Waals surface area contributed by atoms with Crippen LogP contribution in [0.4, 0.5) is 0 Å². The summed E-state index contributed by atoms with van der Waals surface area (Å²) in [5.41, 5.74) is 1.02. The minimum Gasteiger partial charge on any atom is -0.468 e. The molecule has 1 saturated heterocycles. The monoisotopic (exact) mass is 287 g/mol. The molecule has 0 aliphatic carbocycles. The van der Waals surface area contributed by atoms with Crippen molar-refractivity contribution in [2.24, 2.45) is 0 Å². The highest BCUT2D eigenvalue weighted by molar-refractivity contribution is 5.75. The van der Waals surface area contributed by atoms with Crippen LogP contribution in [-0.2, 0) is 9.53 Å². The van der Waals surface area contributed by atoms with Gasteiger partial charge in [0.05, 0.1) is 13.2 Å². The molecule has 1 aliphatic rings. The van der Waals surface area contributed by atoms with Gasteiger partial charge in [0.2, 0.25) is 0 Å². The summed E-state index contributed by atoms with van der Waals surface area (Å²) in [6.07, 6.45) is 0. The van der Waals surface area contributed by atoms with Gasteiger partial charge in [-0.2, -0.15) is 5.26 Å². The van der Waals surface area contributed by atoms with Crippen LogP contribution in [0.25, 0.3) is 0 Å². The van der Waals surface area contributed by atoms with Gasteiger partial charge in [-0.3, -0.25) is 14.6 Å². The maximum atomic E-state index is 11.6. The standard InChI is InChI=1S/C16H21N3O2/c1-13(16(20)21-2)18-8-10-19(11-9-18)15(12-17)14-6-4-3-5-7-14/h3-7,13,15H,8-11H2,1-2H3. The lowest BCUT2D eigenvalue weighted by molar-refractivity contribution is -0.147. The number of rotatable bonds is 4. The van der Waals surface area contributed by atoms with Gasteiger partial charge in [-0.25, -0.2) is 0 Å². The second-order valence-corrected chi connectivity index (χ2v) is 5.21. The number of carbonyl (C=O) groups excluding carboxylic acids is 1. The first-order valence-corrected chi connectivity index (χ1v) is 7.18. The summed E-state index contributed by atoms with van der Waals surface area (Å²) in [5, 5.41) is 9.45. The molecule has 0 saturated carbocycles. The number of benzene rings is 1. The van der Waals surface area contributed by atoms with Crippen LogP contribution in [-0.4, -0.2) is 55.1 Å². The Morgan fingerprint density at radius 2 is 1.76 bits per heavy atom. The van der Waals surface area contributed by atoms with Gasteiger partial charge in [0, 0.05) is 26.2 Å². The summed E-state index contributed by atoms with van der Waals surface area (Å²) in [7, 11) is 1.41. The van der Waals surface area contributed by atoms with E-state index in [4.69, 9.17) is 4.74 Å². The van der Waals surface area contributed by atoms with Gasteiger partial charge in [-0.1, -0.05) is 30.3 Å². The van der Waals surface area contributed by atoms with Gasteiger partial charge in [0.15, 0.2) is 0 Å². The van der Waals surface area contributed by atoms with E-state index < -0.39 is 0 Å². The highest BCUT2D eigenvalue weighted by Gasteiger charge is 2.29. The fourth-order valence-electron chi connectivity index (χ4n) is 2.70. The molecular weight excluding hydrogens is 266 g/mol. The van der Waals surface area contributed by atoms with Crippen LogP contribution in [0.3, 0.4) is 0 Å². The molecule has 0 radical (unpaired) electrons. The molecule has 1 heterocycles. The van der Waals surface area contributed by atoms with Crippen molar-refractivity contribution in [3.63, 3.8) is 0 Å². The third-order valence-corrected chi connectivity index (χ3v) is 4.04. The van der Waals surface area contributed by atoms with Crippen LogP contribution < -0.4 is 0 Å². The second-order valence-electron chi connectivity index (χ2n) is 5.21. The topological polar surface area (TPSA) is 56.6 Å². The molecule has 5 heteroatoms. The lowest BCUT2D eigenvalue weighted by Crippen LogP contribution is -2.52. The second kappa shape index (κ2) is 7.21. The molecule has 2 unspecified atom stereocenters. The van der Waals surface area contributed by atoms with Gasteiger partial charge in [0.25, 0.3) is 0 Å². The first-order valence-electron chi connectivity index (χ1n) is 7.18. The van der Waals surface area contributed by atoms with Crippen LogP contribution in [0.1, 0.15) is 18.5 Å². The van der Waals surface area contributed by atoms with Crippen molar-refractivity contribution in [1.82, 2.24) is 9.80 Å². The fraction of sp³-hybridized carbons (Fsp3) is 0.500. The lowest BCUT2D eigenvalue weighted by atomic mass is 10.1. The van der Waals surface area contributed by atoms with Gasteiger partial charge < -0.3 is 4.74 Å². The summed E-state index contributed by atoms with van der Waals surface area (Å²) in [6, 6.07) is 11.8.